The summed E-state index contributed by atoms with van der Waals surface area (Å²) in [6, 6.07) is 0. The first-order chi connectivity index (χ1) is 7.04. The van der Waals surface area contributed by atoms with Gasteiger partial charge in [0.2, 0.25) is 0 Å². The normalized spacial score (nSPS) is 20.9. The van der Waals surface area contributed by atoms with Crippen molar-refractivity contribution in [2.45, 2.75) is 12.7 Å². The third-order valence-electron chi connectivity index (χ3n) is 2.58. The first kappa shape index (κ1) is 15.0. The van der Waals surface area contributed by atoms with Crippen LogP contribution >= 0.6 is 11.3 Å². The van der Waals surface area contributed by atoms with Gasteiger partial charge in [0.1, 0.15) is 0 Å². The van der Waals surface area contributed by atoms with Crippen molar-refractivity contribution in [2.75, 3.05) is 18.0 Å². The Balaban J connectivity index is 0.00000128. The topological polar surface area (TPSA) is 16.1 Å². The third kappa shape index (κ3) is 4.30. The summed E-state index contributed by atoms with van der Waals surface area (Å²) in [7, 11) is 0. The van der Waals surface area contributed by atoms with Gasteiger partial charge in [-0.05, 0) is 12.3 Å². The van der Waals surface area contributed by atoms with Crippen LogP contribution < -0.4 is 56.3 Å². The van der Waals surface area contributed by atoms with Crippen molar-refractivity contribution < 1.29 is 64.3 Å². The summed E-state index contributed by atoms with van der Waals surface area (Å²) in [5.74, 6) is -0.242. The monoisotopic (exact) mass is 274 g/mol. The predicted molar refractivity (Wildman–Crippen MR) is 56.3 cm³/mol. The van der Waals surface area contributed by atoms with E-state index in [-0.39, 0.29) is 57.3 Å². The van der Waals surface area contributed by atoms with Gasteiger partial charge in [-0.3, -0.25) is 0 Å². The molecule has 2 rings (SSSR count). The molecule has 0 bridgehead atoms. The van der Waals surface area contributed by atoms with Crippen LogP contribution in [-0.4, -0.2) is 25.1 Å². The minimum absolute atomic E-state index is 0. The molecule has 84 valence electrons. The molecule has 1 unspecified atom stereocenters. The van der Waals surface area contributed by atoms with Crippen molar-refractivity contribution in [3.63, 3.8) is 0 Å². The minimum Gasteiger partial charge on any atom is -0.449 e. The summed E-state index contributed by atoms with van der Waals surface area (Å²) in [5, 5.41) is 2.68. The van der Waals surface area contributed by atoms with Gasteiger partial charge in [0.05, 0.1) is 0 Å². The van der Waals surface area contributed by atoms with Gasteiger partial charge in [0.15, 0.2) is 5.13 Å². The molecule has 0 N–H and O–H groups in total. The van der Waals surface area contributed by atoms with Gasteiger partial charge in [0.25, 0.3) is 0 Å². The van der Waals surface area contributed by atoms with Gasteiger partial charge in [-0.2, -0.15) is 0 Å². The third-order valence-corrected chi connectivity index (χ3v) is 3.41. The van der Waals surface area contributed by atoms with E-state index in [0.29, 0.717) is 19.5 Å². The quantitative estimate of drug-likeness (QED) is 0.711. The van der Waals surface area contributed by atoms with Crippen LogP contribution in [0.1, 0.15) is 6.42 Å². The van der Waals surface area contributed by atoms with Crippen LogP contribution in [0.2, 0.25) is 6.32 Å². The summed E-state index contributed by atoms with van der Waals surface area (Å²) in [6.07, 6.45) is 1.70. The number of aromatic nitrogens is 1. The van der Waals surface area contributed by atoms with Crippen molar-refractivity contribution in [2.24, 2.45) is 5.92 Å². The molecule has 1 aromatic rings. The number of rotatable bonds is 3. The van der Waals surface area contributed by atoms with Crippen molar-refractivity contribution in [1.82, 2.24) is 4.98 Å². The Labute approximate surface area is 139 Å². The molecule has 1 atom stereocenters. The summed E-state index contributed by atoms with van der Waals surface area (Å²) in [4.78, 5) is 6.04. The van der Waals surface area contributed by atoms with Crippen molar-refractivity contribution in [1.29, 1.82) is 0 Å². The Morgan fingerprint density at radius 2 is 2.25 bits per heavy atom. The van der Waals surface area contributed by atoms with E-state index >= 15 is 0 Å². The van der Waals surface area contributed by atoms with Crippen molar-refractivity contribution in [3.05, 3.63) is 11.6 Å². The minimum atomic E-state index is -4.64. The van der Waals surface area contributed by atoms with E-state index in [4.69, 9.17) is 0 Å². The Bertz CT molecular complexity index is 320. The van der Waals surface area contributed by atoms with Gasteiger partial charge in [-0.25, -0.2) is 4.98 Å². The molecule has 1 aliphatic rings. The smallest absolute Gasteiger partial charge is 0.449 e. The van der Waals surface area contributed by atoms with Gasteiger partial charge in [0, 0.05) is 24.7 Å². The molecule has 16 heavy (non-hydrogen) atoms. The molecule has 0 radical (unpaired) electrons. The van der Waals surface area contributed by atoms with Crippen molar-refractivity contribution >= 4 is 23.4 Å². The average Bonchev–Trinajstić information content (AvgIpc) is 2.68. The maximum Gasteiger partial charge on any atom is 1.00 e. The molecule has 0 amide bonds. The van der Waals surface area contributed by atoms with Crippen molar-refractivity contribution in [3.8, 4) is 0 Å². The van der Waals surface area contributed by atoms with Crippen LogP contribution in [0.5, 0.6) is 0 Å². The van der Waals surface area contributed by atoms with E-state index < -0.39 is 13.3 Å². The number of nitrogens with zero attached hydrogens (tertiary/aromatic N) is 2. The van der Waals surface area contributed by atoms with Crippen LogP contribution in [0.3, 0.4) is 0 Å². The summed E-state index contributed by atoms with van der Waals surface area (Å²) < 4.78 is 36.6. The predicted octanol–water partition coefficient (Wildman–Crippen LogP) is -0.179. The fraction of sp³-hybridized carbons (Fsp3) is 0.625. The molecule has 0 aromatic carbocycles. The molecule has 0 saturated carbocycles. The second kappa shape index (κ2) is 6.19. The fourth-order valence-electron chi connectivity index (χ4n) is 1.95. The zero-order valence-electron chi connectivity index (χ0n) is 9.07. The van der Waals surface area contributed by atoms with E-state index in [2.05, 4.69) is 4.98 Å². The van der Waals surface area contributed by atoms with Gasteiger partial charge in [-0.1, -0.05) is 6.32 Å². The maximum absolute atomic E-state index is 12.2. The molecule has 1 aliphatic heterocycles. The van der Waals surface area contributed by atoms with Gasteiger partial charge < -0.3 is 17.8 Å². The molecule has 1 fully saturated rings. The Morgan fingerprint density at radius 1 is 1.50 bits per heavy atom. The fourth-order valence-corrected chi connectivity index (χ4v) is 2.63. The van der Waals surface area contributed by atoms with E-state index in [1.807, 2.05) is 10.3 Å². The molecule has 2 nitrogen and oxygen atoms in total. The number of hydrogen-bond donors (Lipinski definition) is 0. The number of thiazole rings is 1. The summed E-state index contributed by atoms with van der Waals surface area (Å²) in [5.41, 5.74) is 0. The van der Waals surface area contributed by atoms with E-state index in [1.54, 1.807) is 6.20 Å². The van der Waals surface area contributed by atoms with Crippen LogP contribution in [0.15, 0.2) is 11.6 Å². The summed E-state index contributed by atoms with van der Waals surface area (Å²) >= 11 is 1.48. The average molecular weight is 274 g/mol. The van der Waals surface area contributed by atoms with Gasteiger partial charge in [-0.15, -0.1) is 11.3 Å². The number of anilines is 1. The van der Waals surface area contributed by atoms with E-state index in [9.17, 15) is 12.9 Å². The molecular weight excluding hydrogens is 263 g/mol. The molecule has 0 aliphatic carbocycles. The second-order valence-corrected chi connectivity index (χ2v) is 4.73. The number of hydrogen-bond acceptors (Lipinski definition) is 3. The van der Waals surface area contributed by atoms with Crippen LogP contribution in [-0.2, 0) is 0 Å². The SMILES string of the molecule is F[B-](F)(F)CC1CCN(c2nccs2)C1.[K+]. The molecule has 8 heteroatoms. The first-order valence-corrected chi connectivity index (χ1v) is 5.78. The van der Waals surface area contributed by atoms with E-state index in [0.717, 1.165) is 5.13 Å². The van der Waals surface area contributed by atoms with Crippen LogP contribution in [0.25, 0.3) is 0 Å². The standard InChI is InChI=1S/C8H11BF3N2S.K/c10-9(11,12)5-7-1-3-14(6-7)8-13-2-4-15-8;/h2,4,7H,1,3,5-6H2;/q-1;+1. The second-order valence-electron chi connectivity index (χ2n) is 3.86. The molecule has 1 aromatic heterocycles. The zero-order chi connectivity index (χ0) is 10.9. The van der Waals surface area contributed by atoms with Crippen LogP contribution in [0.4, 0.5) is 18.1 Å². The van der Waals surface area contributed by atoms with Gasteiger partial charge >= 0.3 is 58.4 Å². The Kier molecular flexibility index (Phi) is 5.80. The molecule has 0 spiro atoms. The first-order valence-electron chi connectivity index (χ1n) is 4.90. The maximum atomic E-state index is 12.2. The largest absolute Gasteiger partial charge is 1.00 e. The zero-order valence-corrected chi connectivity index (χ0v) is 13.0. The number of halogens is 3. The molecule has 2 heterocycles. The Hall–Kier alpha value is 0.921. The Morgan fingerprint density at radius 3 is 2.81 bits per heavy atom. The van der Waals surface area contributed by atoms with Crippen LogP contribution in [0, 0.1) is 5.92 Å². The molecular formula is C8H11BF3KN2S. The van der Waals surface area contributed by atoms with E-state index in [1.165, 1.54) is 11.3 Å². The molecule has 1 saturated heterocycles. The summed E-state index contributed by atoms with van der Waals surface area (Å²) in [6.45, 7) is -3.45.